The van der Waals surface area contributed by atoms with Crippen LogP contribution in [0.4, 0.5) is 5.69 Å². The minimum absolute atomic E-state index is 0.0223. The third kappa shape index (κ3) is 18.4. The number of carbonyl (C=O) groups excluding carboxylic acids is 4. The number of aliphatic carboxylic acids is 1. The van der Waals surface area contributed by atoms with Crippen LogP contribution in [0.2, 0.25) is 10.0 Å². The Morgan fingerprint density at radius 1 is 0.577 bits per heavy atom. The SMILES string of the molecule is CCCC(=O)NC1(c2ccc(Br)cc2)COC1.CCCC(=O)NC1(c2ccc(NC(=O)c3cccc(Cl)c3)cc2)COC1.CCCC(=O)O.NC(=O)c1cccc(Cl)c1.NC1(c2ccc(Br)cc2)COC1. The lowest BCUT2D eigenvalue weighted by Gasteiger charge is -2.42. The number of hydrogen-bond acceptors (Lipinski definition) is 9. The van der Waals surface area contributed by atoms with E-state index in [9.17, 15) is 24.0 Å². The number of anilines is 1. The van der Waals surface area contributed by atoms with E-state index >= 15 is 0 Å². The Kier molecular flexibility index (Phi) is 23.7. The van der Waals surface area contributed by atoms with Gasteiger partial charge in [0.1, 0.15) is 11.1 Å². The Morgan fingerprint density at radius 3 is 1.30 bits per heavy atom. The summed E-state index contributed by atoms with van der Waals surface area (Å²) in [6.45, 7) is 9.11. The molecule has 0 bridgehead atoms. The van der Waals surface area contributed by atoms with Crippen molar-refractivity contribution in [3.8, 4) is 0 Å². The van der Waals surface area contributed by atoms with Gasteiger partial charge in [-0.15, -0.1) is 0 Å². The van der Waals surface area contributed by atoms with Gasteiger partial charge in [0, 0.05) is 55.1 Å². The monoisotopic (exact) mass is 1140 g/mol. The highest BCUT2D eigenvalue weighted by Gasteiger charge is 2.42. The molecule has 0 saturated carbocycles. The number of hydrogen-bond donors (Lipinski definition) is 6. The van der Waals surface area contributed by atoms with Crippen molar-refractivity contribution < 1.29 is 43.3 Å². The first kappa shape index (κ1) is 58.4. The van der Waals surface area contributed by atoms with E-state index in [-0.39, 0.29) is 28.8 Å². The van der Waals surface area contributed by atoms with Crippen molar-refractivity contribution in [2.24, 2.45) is 11.5 Å². The summed E-state index contributed by atoms with van der Waals surface area (Å²) in [5.41, 5.74) is 14.8. The standard InChI is InChI=1S/C20H21ClN2O3.C13H16BrNO2.C9H10BrNO.C7H6ClNO.C4H8O2/c1-2-4-18(24)23-20(12-26-13-20)15-7-9-17(10-8-15)22-19(25)14-5-3-6-16(21)11-14;1-2-3-12(16)15-13(8-17-9-13)10-4-6-11(14)7-5-10;10-8-3-1-7(2-4-8)9(11)5-12-6-9;8-6-3-1-2-5(4-6)7(9)10;1-2-3-4(5)6/h3,5-11H,2,4,12-13H2,1H3,(H,22,25)(H,23,24);4-7H,2-3,8-9H2,1H3,(H,15,16);1-4H,5-6,11H2;1-4H,(H2,9,10);2-3H2,1H3,(H,5,6). The van der Waals surface area contributed by atoms with Crippen molar-refractivity contribution >= 4 is 90.3 Å². The summed E-state index contributed by atoms with van der Waals surface area (Å²) in [5, 5.41) is 18.0. The zero-order valence-corrected chi connectivity index (χ0v) is 44.6. The van der Waals surface area contributed by atoms with Gasteiger partial charge in [-0.2, -0.15) is 0 Å². The second kappa shape index (κ2) is 28.8. The van der Waals surface area contributed by atoms with E-state index in [0.29, 0.717) is 85.8 Å². The first-order chi connectivity index (χ1) is 33.9. The number of nitrogens with two attached hydrogens (primary N) is 2. The zero-order chi connectivity index (χ0) is 52.0. The smallest absolute Gasteiger partial charge is 0.303 e. The van der Waals surface area contributed by atoms with Gasteiger partial charge in [0.05, 0.1) is 45.2 Å². The Balaban J connectivity index is 0.000000210. The van der Waals surface area contributed by atoms with E-state index in [4.69, 9.17) is 54.0 Å². The van der Waals surface area contributed by atoms with Crippen LogP contribution in [-0.2, 0) is 45.2 Å². The van der Waals surface area contributed by atoms with Crippen molar-refractivity contribution in [1.82, 2.24) is 10.6 Å². The van der Waals surface area contributed by atoms with Gasteiger partial charge >= 0.3 is 5.97 Å². The maximum Gasteiger partial charge on any atom is 0.303 e. The molecule has 8 N–H and O–H groups in total. The summed E-state index contributed by atoms with van der Waals surface area (Å²) < 4.78 is 17.8. The highest BCUT2D eigenvalue weighted by atomic mass is 79.9. The second-order valence-corrected chi connectivity index (χ2v) is 19.7. The van der Waals surface area contributed by atoms with Crippen LogP contribution in [0.25, 0.3) is 0 Å². The molecule has 71 heavy (non-hydrogen) atoms. The second-order valence-electron chi connectivity index (χ2n) is 17.0. The summed E-state index contributed by atoms with van der Waals surface area (Å²) in [6.07, 6.45) is 3.75. The molecule has 5 aromatic carbocycles. The normalized spacial score (nSPS) is 15.0. The molecule has 3 heterocycles. The van der Waals surface area contributed by atoms with Crippen molar-refractivity contribution in [3.63, 3.8) is 0 Å². The quantitative estimate of drug-likeness (QED) is 0.0618. The van der Waals surface area contributed by atoms with Crippen molar-refractivity contribution in [1.29, 1.82) is 0 Å². The average molecular weight is 1140 g/mol. The lowest BCUT2D eigenvalue weighted by Crippen LogP contribution is -2.59. The lowest BCUT2D eigenvalue weighted by molar-refractivity contribution is -0.137. The van der Waals surface area contributed by atoms with Crippen LogP contribution in [0.15, 0.2) is 130 Å². The molecule has 0 radical (unpaired) electrons. The Bertz CT molecular complexity index is 2520. The van der Waals surface area contributed by atoms with E-state index < -0.39 is 17.4 Å². The molecule has 0 spiro atoms. The summed E-state index contributed by atoms with van der Waals surface area (Å²) in [5.74, 6) is -1.27. The summed E-state index contributed by atoms with van der Waals surface area (Å²) in [6, 6.07) is 36.9. The number of amides is 4. The summed E-state index contributed by atoms with van der Waals surface area (Å²) in [7, 11) is 0. The van der Waals surface area contributed by atoms with Crippen LogP contribution in [0.1, 0.15) is 96.7 Å². The predicted octanol–water partition coefficient (Wildman–Crippen LogP) is 10.3. The van der Waals surface area contributed by atoms with E-state index in [2.05, 4.69) is 47.8 Å². The average Bonchev–Trinajstić information content (AvgIpc) is 3.30. The van der Waals surface area contributed by atoms with Crippen molar-refractivity contribution in [3.05, 3.63) is 168 Å². The number of carboxylic acids is 1. The molecule has 14 nitrogen and oxygen atoms in total. The molecule has 0 aromatic heterocycles. The molecule has 0 aliphatic carbocycles. The van der Waals surface area contributed by atoms with Gasteiger partial charge in [0.25, 0.3) is 5.91 Å². The number of carbonyl (C=O) groups is 5. The molecule has 3 aliphatic rings. The van der Waals surface area contributed by atoms with Crippen LogP contribution < -0.4 is 27.4 Å². The number of benzene rings is 5. The van der Waals surface area contributed by atoms with Gasteiger partial charge in [-0.1, -0.05) is 124 Å². The van der Waals surface area contributed by atoms with Crippen molar-refractivity contribution in [2.45, 2.75) is 75.9 Å². The Hall–Kier alpha value is -5.17. The molecule has 5 aromatic rings. The number of halogens is 4. The van der Waals surface area contributed by atoms with Crippen molar-refractivity contribution in [2.75, 3.05) is 45.0 Å². The van der Waals surface area contributed by atoms with Gasteiger partial charge in [-0.3, -0.25) is 24.0 Å². The lowest BCUT2D eigenvalue weighted by atomic mass is 9.87. The molecule has 380 valence electrons. The first-order valence-corrected chi connectivity index (χ1v) is 25.3. The fourth-order valence-corrected chi connectivity index (χ4v) is 7.86. The van der Waals surface area contributed by atoms with Crippen LogP contribution in [0.5, 0.6) is 0 Å². The van der Waals surface area contributed by atoms with Gasteiger partial charge < -0.3 is 46.7 Å². The fourth-order valence-electron chi connectivity index (χ4n) is 6.95. The predicted molar refractivity (Wildman–Crippen MR) is 284 cm³/mol. The van der Waals surface area contributed by atoms with Gasteiger partial charge in [-0.25, -0.2) is 0 Å². The molecular weight excluding hydrogens is 1080 g/mol. The van der Waals surface area contributed by atoms with E-state index in [0.717, 1.165) is 44.9 Å². The van der Waals surface area contributed by atoms with Crippen LogP contribution in [0, 0.1) is 0 Å². The van der Waals surface area contributed by atoms with Gasteiger partial charge in [0.15, 0.2) is 0 Å². The Morgan fingerprint density at radius 2 is 0.972 bits per heavy atom. The van der Waals surface area contributed by atoms with Gasteiger partial charge in [0.2, 0.25) is 17.7 Å². The third-order valence-electron chi connectivity index (χ3n) is 11.0. The van der Waals surface area contributed by atoms with Crippen LogP contribution >= 0.6 is 55.1 Å². The highest BCUT2D eigenvalue weighted by molar-refractivity contribution is 9.10. The largest absolute Gasteiger partial charge is 0.481 e. The number of ether oxygens (including phenoxy) is 3. The summed E-state index contributed by atoms with van der Waals surface area (Å²) >= 11 is 18.3. The van der Waals surface area contributed by atoms with Crippen LogP contribution in [-0.4, -0.2) is 74.3 Å². The molecule has 8 rings (SSSR count). The van der Waals surface area contributed by atoms with Crippen LogP contribution in [0.3, 0.4) is 0 Å². The minimum Gasteiger partial charge on any atom is -0.481 e. The molecule has 0 atom stereocenters. The highest BCUT2D eigenvalue weighted by Crippen LogP contribution is 2.32. The fraction of sp³-hybridized carbons (Fsp3) is 0.340. The van der Waals surface area contributed by atoms with E-state index in [1.165, 1.54) is 6.07 Å². The number of nitrogens with one attached hydrogen (secondary N) is 3. The molecular formula is C53H61Br2Cl2N5O9. The molecule has 4 amide bonds. The molecule has 0 unspecified atom stereocenters. The first-order valence-electron chi connectivity index (χ1n) is 23.0. The number of primary amides is 1. The Labute approximate surface area is 442 Å². The zero-order valence-electron chi connectivity index (χ0n) is 39.9. The maximum atomic E-state index is 12.3. The number of rotatable bonds is 14. The molecule has 3 fully saturated rings. The third-order valence-corrected chi connectivity index (χ3v) is 12.5. The van der Waals surface area contributed by atoms with E-state index in [1.54, 1.807) is 42.5 Å². The minimum atomic E-state index is -0.711. The maximum absolute atomic E-state index is 12.3. The number of carboxylic acid groups (broad SMARTS) is 1. The topological polar surface area (TPSA) is 221 Å². The summed E-state index contributed by atoms with van der Waals surface area (Å²) in [4.78, 5) is 56.1. The molecule has 3 saturated heterocycles. The van der Waals surface area contributed by atoms with E-state index in [1.807, 2.05) is 93.6 Å². The molecule has 18 heteroatoms. The van der Waals surface area contributed by atoms with Gasteiger partial charge in [-0.05, 0) is 109 Å². The molecule has 3 aliphatic heterocycles.